The lowest BCUT2D eigenvalue weighted by Crippen LogP contribution is -2.31. The molecule has 38 heavy (non-hydrogen) atoms. The van der Waals surface area contributed by atoms with Crippen LogP contribution in [0.1, 0.15) is 83.5 Å². The molecule has 1 unspecified atom stereocenters. The highest BCUT2D eigenvalue weighted by molar-refractivity contribution is 6.20. The molecule has 0 fully saturated rings. The molecule has 2 amide bonds. The number of ether oxygens (including phenoxy) is 1. The van der Waals surface area contributed by atoms with Crippen LogP contribution in [0, 0.1) is 0 Å². The number of hydroxylamine groups is 2. The topological polar surface area (TPSA) is 68.7 Å². The van der Waals surface area contributed by atoms with Crippen LogP contribution in [0.3, 0.4) is 0 Å². The maximum absolute atomic E-state index is 12.9. The van der Waals surface area contributed by atoms with Gasteiger partial charge in [-0.05, 0) is 48.4 Å². The number of carbonyl (C=O) groups is 2. The molecule has 1 aliphatic heterocycles. The van der Waals surface area contributed by atoms with Crippen LogP contribution in [0.2, 0.25) is 0 Å². The number of pyridine rings is 1. The molecule has 0 spiro atoms. The smallest absolute Gasteiger partial charge is 0.285 e. The van der Waals surface area contributed by atoms with Crippen LogP contribution in [0.4, 0.5) is 0 Å². The van der Waals surface area contributed by atoms with E-state index in [1.165, 1.54) is 12.8 Å². The number of hydrogen-bond acceptors (Lipinski definition) is 5. The van der Waals surface area contributed by atoms with Gasteiger partial charge in [0.1, 0.15) is 18.5 Å². The molecule has 1 atom stereocenters. The highest BCUT2D eigenvalue weighted by Crippen LogP contribution is 2.31. The zero-order chi connectivity index (χ0) is 26.3. The fraction of sp³-hybridized carbons (Fsp3) is 0.281. The number of imide groups is 1. The molecule has 0 N–H and O–H groups in total. The zero-order valence-corrected chi connectivity index (χ0v) is 21.6. The summed E-state index contributed by atoms with van der Waals surface area (Å²) in [5.74, 6) is -0.111. The van der Waals surface area contributed by atoms with Crippen molar-refractivity contribution in [1.29, 1.82) is 0 Å². The van der Waals surface area contributed by atoms with Gasteiger partial charge in [0, 0.05) is 5.39 Å². The number of nitrogens with zero attached hydrogens (tertiary/aromatic N) is 2. The Balaban J connectivity index is 1.27. The average molecular weight is 509 g/mol. The first-order valence-electron chi connectivity index (χ1n) is 13.4. The SMILES string of the molecule is CCCCCCCC(ON1C(=O)c2ccccc2C1=O)c1ccc(OCc2ccc3ccccc3n2)cc1. The van der Waals surface area contributed by atoms with Gasteiger partial charge in [-0.3, -0.25) is 14.4 Å². The molecule has 194 valence electrons. The Kier molecular flexibility index (Phi) is 8.09. The number of unbranched alkanes of at least 4 members (excludes halogenated alkanes) is 4. The van der Waals surface area contributed by atoms with Crippen LogP contribution in [0.5, 0.6) is 5.75 Å². The molecule has 2 heterocycles. The number of hydrogen-bond donors (Lipinski definition) is 0. The van der Waals surface area contributed by atoms with E-state index in [1.807, 2.05) is 60.7 Å². The average Bonchev–Trinajstić information content (AvgIpc) is 3.20. The standard InChI is InChI=1S/C32H32N2O4/c1-2-3-4-5-6-15-30(38-34-31(35)27-12-8-9-13-28(27)32(34)36)24-17-20-26(21-18-24)37-22-25-19-16-23-11-7-10-14-29(23)33-25/h7-14,16-21,30H,2-6,15,22H2,1H3. The summed E-state index contributed by atoms with van der Waals surface area (Å²) in [4.78, 5) is 36.6. The molecule has 6 heteroatoms. The molecule has 5 rings (SSSR count). The van der Waals surface area contributed by atoms with Crippen LogP contribution >= 0.6 is 0 Å². The van der Waals surface area contributed by atoms with E-state index in [0.717, 1.165) is 46.5 Å². The summed E-state index contributed by atoms with van der Waals surface area (Å²) >= 11 is 0. The molecular formula is C32H32N2O4. The Morgan fingerprint density at radius 1 is 0.763 bits per heavy atom. The van der Waals surface area contributed by atoms with Gasteiger partial charge in [-0.25, -0.2) is 4.98 Å². The second-order valence-electron chi connectivity index (χ2n) is 9.60. The normalized spacial score (nSPS) is 13.7. The van der Waals surface area contributed by atoms with Crippen LogP contribution in [-0.2, 0) is 11.4 Å². The number of rotatable bonds is 12. The lowest BCUT2D eigenvalue weighted by molar-refractivity contribution is -0.137. The Morgan fingerprint density at radius 2 is 1.45 bits per heavy atom. The second kappa shape index (κ2) is 12.0. The van der Waals surface area contributed by atoms with Crippen LogP contribution in [-0.4, -0.2) is 21.9 Å². The molecule has 0 radical (unpaired) electrons. The zero-order valence-electron chi connectivity index (χ0n) is 21.6. The molecular weight excluding hydrogens is 476 g/mol. The van der Waals surface area contributed by atoms with Gasteiger partial charge in [0.25, 0.3) is 11.8 Å². The van der Waals surface area contributed by atoms with Gasteiger partial charge >= 0.3 is 0 Å². The molecule has 0 aliphatic carbocycles. The number of fused-ring (bicyclic) bond motifs is 2. The van der Waals surface area contributed by atoms with Crippen LogP contribution in [0.25, 0.3) is 10.9 Å². The molecule has 6 nitrogen and oxygen atoms in total. The van der Waals surface area contributed by atoms with Crippen molar-refractivity contribution >= 4 is 22.7 Å². The minimum atomic E-state index is -0.421. The number of aromatic nitrogens is 1. The summed E-state index contributed by atoms with van der Waals surface area (Å²) in [6.07, 6.45) is 5.84. The van der Waals surface area contributed by atoms with E-state index in [0.29, 0.717) is 29.9 Å². The van der Waals surface area contributed by atoms with E-state index >= 15 is 0 Å². The summed E-state index contributed by atoms with van der Waals surface area (Å²) in [5, 5.41) is 2.02. The van der Waals surface area contributed by atoms with Crippen molar-refractivity contribution in [2.45, 2.75) is 58.2 Å². The van der Waals surface area contributed by atoms with Gasteiger partial charge in [-0.2, -0.15) is 0 Å². The molecule has 1 aliphatic rings. The first-order chi connectivity index (χ1) is 18.6. The van der Waals surface area contributed by atoms with E-state index in [1.54, 1.807) is 24.3 Å². The van der Waals surface area contributed by atoms with Crippen molar-refractivity contribution in [3.8, 4) is 5.75 Å². The highest BCUT2D eigenvalue weighted by atomic mass is 16.7. The Bertz CT molecular complexity index is 1380. The minimum absolute atomic E-state index is 0.358. The molecule has 0 saturated heterocycles. The van der Waals surface area contributed by atoms with Gasteiger partial charge in [0.2, 0.25) is 0 Å². The third-order valence-corrected chi connectivity index (χ3v) is 6.85. The third-order valence-electron chi connectivity index (χ3n) is 6.85. The number of para-hydroxylation sites is 1. The quantitative estimate of drug-likeness (QED) is 0.147. The molecule has 0 bridgehead atoms. The van der Waals surface area contributed by atoms with Crippen molar-refractivity contribution in [1.82, 2.24) is 10.0 Å². The first kappa shape index (κ1) is 25.6. The predicted octanol–water partition coefficient (Wildman–Crippen LogP) is 7.44. The molecule has 4 aromatic rings. The summed E-state index contributed by atoms with van der Waals surface area (Å²) < 4.78 is 5.99. The lowest BCUT2D eigenvalue weighted by Gasteiger charge is -2.23. The van der Waals surface area contributed by atoms with E-state index in [9.17, 15) is 9.59 Å². The number of amides is 2. The maximum Gasteiger partial charge on any atom is 0.285 e. The van der Waals surface area contributed by atoms with Crippen LogP contribution in [0.15, 0.2) is 84.9 Å². The largest absolute Gasteiger partial charge is 0.487 e. The van der Waals surface area contributed by atoms with Crippen molar-refractivity contribution in [2.75, 3.05) is 0 Å². The summed E-state index contributed by atoms with van der Waals surface area (Å²) in [6.45, 7) is 2.55. The summed E-state index contributed by atoms with van der Waals surface area (Å²) in [6, 6.07) is 26.5. The molecule has 0 saturated carbocycles. The van der Waals surface area contributed by atoms with E-state index in [2.05, 4.69) is 11.9 Å². The van der Waals surface area contributed by atoms with Gasteiger partial charge in [-0.1, -0.05) is 87.6 Å². The van der Waals surface area contributed by atoms with E-state index < -0.39 is 17.9 Å². The van der Waals surface area contributed by atoms with Gasteiger partial charge in [0.05, 0.1) is 22.3 Å². The molecule has 1 aromatic heterocycles. The van der Waals surface area contributed by atoms with Crippen molar-refractivity contribution in [2.24, 2.45) is 0 Å². The van der Waals surface area contributed by atoms with Gasteiger partial charge < -0.3 is 4.74 Å². The first-order valence-corrected chi connectivity index (χ1v) is 13.4. The van der Waals surface area contributed by atoms with Crippen molar-refractivity contribution < 1.29 is 19.2 Å². The van der Waals surface area contributed by atoms with Gasteiger partial charge in [-0.15, -0.1) is 5.06 Å². The van der Waals surface area contributed by atoms with Gasteiger partial charge in [0.15, 0.2) is 0 Å². The highest BCUT2D eigenvalue weighted by Gasteiger charge is 2.38. The third kappa shape index (κ3) is 5.76. The summed E-state index contributed by atoms with van der Waals surface area (Å²) in [5.41, 5.74) is 3.45. The number of benzene rings is 3. The van der Waals surface area contributed by atoms with Crippen molar-refractivity contribution in [3.63, 3.8) is 0 Å². The monoisotopic (exact) mass is 508 g/mol. The second-order valence-corrected chi connectivity index (χ2v) is 9.60. The van der Waals surface area contributed by atoms with E-state index in [4.69, 9.17) is 9.57 Å². The minimum Gasteiger partial charge on any atom is -0.487 e. The Labute approximate surface area is 223 Å². The molecule has 3 aromatic carbocycles. The summed E-state index contributed by atoms with van der Waals surface area (Å²) in [7, 11) is 0. The number of carbonyl (C=O) groups excluding carboxylic acids is 2. The van der Waals surface area contributed by atoms with Crippen LogP contribution < -0.4 is 4.74 Å². The Morgan fingerprint density at radius 3 is 2.18 bits per heavy atom. The van der Waals surface area contributed by atoms with Crippen molar-refractivity contribution in [3.05, 3.63) is 107 Å². The fourth-order valence-electron chi connectivity index (χ4n) is 4.73. The van der Waals surface area contributed by atoms with E-state index in [-0.39, 0.29) is 0 Å². The predicted molar refractivity (Wildman–Crippen MR) is 147 cm³/mol. The maximum atomic E-state index is 12.9. The Hall–Kier alpha value is -4.03. The lowest BCUT2D eigenvalue weighted by atomic mass is 10.0. The fourth-order valence-corrected chi connectivity index (χ4v) is 4.73.